The lowest BCUT2D eigenvalue weighted by Crippen LogP contribution is -2.26. The van der Waals surface area contributed by atoms with E-state index in [1.807, 2.05) is 28.9 Å². The van der Waals surface area contributed by atoms with Gasteiger partial charge >= 0.3 is 0 Å². The molecule has 0 aliphatic carbocycles. The Balaban J connectivity index is 2.03. The van der Waals surface area contributed by atoms with Crippen molar-refractivity contribution in [2.45, 2.75) is 12.5 Å². The molecule has 0 radical (unpaired) electrons. The molecule has 6 heteroatoms. The highest BCUT2D eigenvalue weighted by Crippen LogP contribution is 2.32. The summed E-state index contributed by atoms with van der Waals surface area (Å²) in [7, 11) is 1.64. The average molecular weight is 272 g/mol. The topological polar surface area (TPSA) is 82.2 Å². The van der Waals surface area contributed by atoms with Gasteiger partial charge in [0.15, 0.2) is 0 Å². The zero-order valence-electron chi connectivity index (χ0n) is 11.2. The average Bonchev–Trinajstić information content (AvgIpc) is 2.91. The molecule has 1 aromatic carbocycles. The fraction of sp³-hybridized carbons (Fsp3) is 0.286. The van der Waals surface area contributed by atoms with Crippen molar-refractivity contribution in [2.24, 2.45) is 5.73 Å². The first-order chi connectivity index (χ1) is 9.70. The number of nitrogens with two attached hydrogens (primary N) is 1. The van der Waals surface area contributed by atoms with E-state index >= 15 is 0 Å². The van der Waals surface area contributed by atoms with Crippen LogP contribution < -0.4 is 15.8 Å². The van der Waals surface area contributed by atoms with Crippen LogP contribution in [0.4, 0.5) is 5.82 Å². The Morgan fingerprint density at radius 3 is 3.15 bits per heavy atom. The first kappa shape index (κ1) is 12.5. The van der Waals surface area contributed by atoms with Gasteiger partial charge in [-0.05, 0) is 24.1 Å². The van der Waals surface area contributed by atoms with Gasteiger partial charge in [0.25, 0.3) is 5.91 Å². The molecule has 3 rings (SSSR count). The van der Waals surface area contributed by atoms with Crippen LogP contribution in [-0.2, 0) is 0 Å². The number of carbonyl (C=O) groups excluding carboxylic acids is 1. The Kier molecular flexibility index (Phi) is 3.06. The maximum atomic E-state index is 11.4. The number of nitrogens with one attached hydrogen (secondary N) is 1. The van der Waals surface area contributed by atoms with Crippen LogP contribution in [0.3, 0.4) is 0 Å². The lowest BCUT2D eigenvalue weighted by Gasteiger charge is -2.26. The number of fused-ring (bicyclic) bond motifs is 1. The van der Waals surface area contributed by atoms with Crippen molar-refractivity contribution in [3.63, 3.8) is 0 Å². The zero-order chi connectivity index (χ0) is 14.1. The standard InChI is InChI=1S/C14H16N4O2/c1-20-10-4-2-3-9(7-10)12-5-6-16-14-11(13(15)19)8-17-18(12)14/h2-4,7-8,12,16H,5-6H2,1H3,(H2,15,19). The summed E-state index contributed by atoms with van der Waals surface area (Å²) in [6.07, 6.45) is 2.41. The molecular weight excluding hydrogens is 256 g/mol. The van der Waals surface area contributed by atoms with E-state index in [2.05, 4.69) is 10.4 Å². The van der Waals surface area contributed by atoms with Gasteiger partial charge in [-0.1, -0.05) is 12.1 Å². The van der Waals surface area contributed by atoms with E-state index in [0.717, 1.165) is 24.3 Å². The summed E-state index contributed by atoms with van der Waals surface area (Å²) in [6.45, 7) is 0.772. The van der Waals surface area contributed by atoms with Gasteiger partial charge < -0.3 is 15.8 Å². The van der Waals surface area contributed by atoms with Crippen LogP contribution in [0.15, 0.2) is 30.5 Å². The molecule has 1 unspecified atom stereocenters. The Morgan fingerprint density at radius 1 is 1.55 bits per heavy atom. The van der Waals surface area contributed by atoms with Crippen molar-refractivity contribution >= 4 is 11.7 Å². The number of nitrogens with zero attached hydrogens (tertiary/aromatic N) is 2. The third kappa shape index (κ3) is 1.99. The van der Waals surface area contributed by atoms with E-state index in [9.17, 15) is 4.79 Å². The molecule has 1 aliphatic heterocycles. The van der Waals surface area contributed by atoms with Crippen molar-refractivity contribution in [2.75, 3.05) is 19.0 Å². The van der Waals surface area contributed by atoms with Gasteiger partial charge in [-0.25, -0.2) is 4.68 Å². The van der Waals surface area contributed by atoms with Crippen LogP contribution in [0.5, 0.6) is 5.75 Å². The molecule has 2 heterocycles. The van der Waals surface area contributed by atoms with Gasteiger partial charge in [0.05, 0.1) is 19.3 Å². The second kappa shape index (κ2) is 4.88. The molecule has 0 saturated heterocycles. The molecule has 1 atom stereocenters. The molecule has 1 amide bonds. The highest BCUT2D eigenvalue weighted by Gasteiger charge is 2.26. The number of primary amides is 1. The number of carbonyl (C=O) groups is 1. The Morgan fingerprint density at radius 2 is 2.40 bits per heavy atom. The molecule has 0 spiro atoms. The highest BCUT2D eigenvalue weighted by atomic mass is 16.5. The normalized spacial score (nSPS) is 17.1. The van der Waals surface area contributed by atoms with Crippen molar-refractivity contribution in [3.8, 4) is 5.75 Å². The van der Waals surface area contributed by atoms with E-state index in [-0.39, 0.29) is 6.04 Å². The van der Waals surface area contributed by atoms with E-state index < -0.39 is 5.91 Å². The second-order valence-electron chi connectivity index (χ2n) is 4.72. The van der Waals surface area contributed by atoms with Crippen LogP contribution >= 0.6 is 0 Å². The predicted octanol–water partition coefficient (Wildman–Crippen LogP) is 1.40. The quantitative estimate of drug-likeness (QED) is 0.884. The van der Waals surface area contributed by atoms with Crippen molar-refractivity contribution < 1.29 is 9.53 Å². The molecule has 6 nitrogen and oxygen atoms in total. The maximum Gasteiger partial charge on any atom is 0.254 e. The lowest BCUT2D eigenvalue weighted by molar-refractivity contribution is 0.100. The molecule has 20 heavy (non-hydrogen) atoms. The number of benzene rings is 1. The first-order valence-electron chi connectivity index (χ1n) is 6.46. The summed E-state index contributed by atoms with van der Waals surface area (Å²) >= 11 is 0. The molecule has 0 fully saturated rings. The van der Waals surface area contributed by atoms with Gasteiger partial charge in [0.2, 0.25) is 0 Å². The van der Waals surface area contributed by atoms with E-state index in [4.69, 9.17) is 10.5 Å². The van der Waals surface area contributed by atoms with Crippen LogP contribution in [0.2, 0.25) is 0 Å². The Labute approximate surface area is 116 Å². The van der Waals surface area contributed by atoms with Gasteiger partial charge in [0.1, 0.15) is 17.1 Å². The molecule has 1 aromatic heterocycles. The second-order valence-corrected chi connectivity index (χ2v) is 4.72. The summed E-state index contributed by atoms with van der Waals surface area (Å²) in [5, 5.41) is 7.49. The van der Waals surface area contributed by atoms with Crippen LogP contribution in [0.1, 0.15) is 28.4 Å². The Hall–Kier alpha value is -2.50. The molecule has 2 aromatic rings. The number of amides is 1. The third-order valence-electron chi connectivity index (χ3n) is 3.54. The predicted molar refractivity (Wildman–Crippen MR) is 75.0 cm³/mol. The number of aromatic nitrogens is 2. The number of rotatable bonds is 3. The maximum absolute atomic E-state index is 11.4. The van der Waals surface area contributed by atoms with Crippen molar-refractivity contribution in [3.05, 3.63) is 41.6 Å². The smallest absolute Gasteiger partial charge is 0.254 e. The summed E-state index contributed by atoms with van der Waals surface area (Å²) in [5.41, 5.74) is 6.89. The summed E-state index contributed by atoms with van der Waals surface area (Å²) < 4.78 is 7.08. The number of methoxy groups -OCH3 is 1. The van der Waals surface area contributed by atoms with Crippen LogP contribution in [-0.4, -0.2) is 29.3 Å². The minimum atomic E-state index is -0.468. The fourth-order valence-corrected chi connectivity index (χ4v) is 2.56. The minimum absolute atomic E-state index is 0.0782. The molecular formula is C14H16N4O2. The molecule has 0 bridgehead atoms. The lowest BCUT2D eigenvalue weighted by atomic mass is 10.0. The summed E-state index contributed by atoms with van der Waals surface area (Å²) in [5.74, 6) is 1.03. The first-order valence-corrected chi connectivity index (χ1v) is 6.46. The van der Waals surface area contributed by atoms with Gasteiger partial charge in [-0.15, -0.1) is 0 Å². The number of hydrogen-bond donors (Lipinski definition) is 2. The molecule has 0 saturated carbocycles. The summed E-state index contributed by atoms with van der Waals surface area (Å²) in [4.78, 5) is 11.4. The van der Waals surface area contributed by atoms with Crippen LogP contribution in [0.25, 0.3) is 0 Å². The van der Waals surface area contributed by atoms with E-state index in [0.29, 0.717) is 11.4 Å². The minimum Gasteiger partial charge on any atom is -0.497 e. The molecule has 104 valence electrons. The SMILES string of the molecule is COc1cccc(C2CCNc3c(C(N)=O)cnn32)c1. The molecule has 3 N–H and O–H groups in total. The third-order valence-corrected chi connectivity index (χ3v) is 3.54. The number of ether oxygens (including phenoxy) is 1. The zero-order valence-corrected chi connectivity index (χ0v) is 11.2. The Bertz CT molecular complexity index is 650. The fourth-order valence-electron chi connectivity index (χ4n) is 2.56. The number of hydrogen-bond acceptors (Lipinski definition) is 4. The van der Waals surface area contributed by atoms with Gasteiger partial charge in [-0.2, -0.15) is 5.10 Å². The van der Waals surface area contributed by atoms with Gasteiger partial charge in [0, 0.05) is 6.54 Å². The van der Waals surface area contributed by atoms with E-state index in [1.54, 1.807) is 7.11 Å². The van der Waals surface area contributed by atoms with Crippen LogP contribution in [0, 0.1) is 0 Å². The van der Waals surface area contributed by atoms with Crippen molar-refractivity contribution in [1.82, 2.24) is 9.78 Å². The molecule has 1 aliphatic rings. The van der Waals surface area contributed by atoms with E-state index in [1.165, 1.54) is 6.20 Å². The number of anilines is 1. The monoisotopic (exact) mass is 272 g/mol. The van der Waals surface area contributed by atoms with Gasteiger partial charge in [-0.3, -0.25) is 4.79 Å². The van der Waals surface area contributed by atoms with Crippen molar-refractivity contribution in [1.29, 1.82) is 0 Å². The summed E-state index contributed by atoms with van der Waals surface area (Å²) in [6, 6.07) is 7.96. The largest absolute Gasteiger partial charge is 0.497 e. The highest BCUT2D eigenvalue weighted by molar-refractivity contribution is 5.97.